The number of hydrogen-bond acceptors (Lipinski definition) is 3. The van der Waals surface area contributed by atoms with Crippen LogP contribution in [0, 0.1) is 5.82 Å². The van der Waals surface area contributed by atoms with Gasteiger partial charge < -0.3 is 5.32 Å². The summed E-state index contributed by atoms with van der Waals surface area (Å²) in [5.41, 5.74) is 0.646. The van der Waals surface area contributed by atoms with E-state index in [1.807, 2.05) is 0 Å². The number of nitrogens with one attached hydrogen (secondary N) is 1. The van der Waals surface area contributed by atoms with E-state index in [2.05, 4.69) is 26.2 Å². The van der Waals surface area contributed by atoms with Crippen LogP contribution in [0.5, 0.6) is 0 Å². The van der Waals surface area contributed by atoms with Gasteiger partial charge in [-0.15, -0.1) is 0 Å². The lowest BCUT2D eigenvalue weighted by Gasteiger charge is -2.08. The third-order valence-electron chi connectivity index (χ3n) is 3.53. The molecule has 3 rings (SSSR count). The lowest BCUT2D eigenvalue weighted by molar-refractivity contribution is -0.121. The van der Waals surface area contributed by atoms with Crippen molar-refractivity contribution >= 4 is 32.7 Å². The van der Waals surface area contributed by atoms with Crippen molar-refractivity contribution < 1.29 is 9.18 Å². The molecule has 7 heteroatoms. The smallest absolute Gasteiger partial charge is 0.261 e. The second kappa shape index (κ2) is 6.92. The highest BCUT2D eigenvalue weighted by atomic mass is 79.9. The molecule has 0 aliphatic carbocycles. The van der Waals surface area contributed by atoms with Gasteiger partial charge in [0.1, 0.15) is 12.4 Å². The van der Waals surface area contributed by atoms with Crippen molar-refractivity contribution in [2.75, 3.05) is 0 Å². The van der Waals surface area contributed by atoms with E-state index in [9.17, 15) is 14.0 Å². The second-order valence-electron chi connectivity index (χ2n) is 5.21. The normalized spacial score (nSPS) is 10.8. The van der Waals surface area contributed by atoms with Crippen molar-refractivity contribution in [2.45, 2.75) is 13.1 Å². The highest BCUT2D eigenvalue weighted by Crippen LogP contribution is 2.14. The summed E-state index contributed by atoms with van der Waals surface area (Å²) in [5.74, 6) is -0.774. The van der Waals surface area contributed by atoms with Crippen molar-refractivity contribution in [2.24, 2.45) is 0 Å². The SMILES string of the molecule is O=C(Cn1cnc2ccc(Br)cc2c1=O)NCc1ccccc1F. The van der Waals surface area contributed by atoms with Crippen LogP contribution in [-0.4, -0.2) is 15.5 Å². The fraction of sp³-hybridized carbons (Fsp3) is 0.118. The first-order chi connectivity index (χ1) is 11.5. The maximum absolute atomic E-state index is 13.5. The Labute approximate surface area is 145 Å². The van der Waals surface area contributed by atoms with Crippen LogP contribution in [0.2, 0.25) is 0 Å². The molecule has 1 N–H and O–H groups in total. The predicted octanol–water partition coefficient (Wildman–Crippen LogP) is 2.61. The fourth-order valence-electron chi connectivity index (χ4n) is 2.29. The number of nitrogens with zero attached hydrogens (tertiary/aromatic N) is 2. The Kier molecular flexibility index (Phi) is 4.71. The molecule has 0 bridgehead atoms. The van der Waals surface area contributed by atoms with Gasteiger partial charge in [0.15, 0.2) is 0 Å². The summed E-state index contributed by atoms with van der Waals surface area (Å²) in [6.07, 6.45) is 1.33. The Bertz CT molecular complexity index is 971. The highest BCUT2D eigenvalue weighted by molar-refractivity contribution is 9.10. The molecule has 1 aromatic heterocycles. The molecule has 0 atom stereocenters. The monoisotopic (exact) mass is 389 g/mol. The van der Waals surface area contributed by atoms with Gasteiger partial charge in [0.05, 0.1) is 17.2 Å². The van der Waals surface area contributed by atoms with Crippen LogP contribution in [0.1, 0.15) is 5.56 Å². The van der Waals surface area contributed by atoms with Gasteiger partial charge in [0, 0.05) is 16.6 Å². The molecule has 122 valence electrons. The van der Waals surface area contributed by atoms with Crippen molar-refractivity contribution in [1.82, 2.24) is 14.9 Å². The first kappa shape index (κ1) is 16.3. The molecule has 0 aliphatic heterocycles. The Balaban J connectivity index is 1.75. The summed E-state index contributed by atoms with van der Waals surface area (Å²) in [7, 11) is 0. The van der Waals surface area contributed by atoms with Crippen molar-refractivity contribution in [3.8, 4) is 0 Å². The van der Waals surface area contributed by atoms with Crippen molar-refractivity contribution in [3.05, 3.63) is 75.0 Å². The van der Waals surface area contributed by atoms with E-state index in [1.54, 1.807) is 36.4 Å². The van der Waals surface area contributed by atoms with E-state index in [1.165, 1.54) is 17.0 Å². The summed E-state index contributed by atoms with van der Waals surface area (Å²) < 4.78 is 15.5. The van der Waals surface area contributed by atoms with Gasteiger partial charge in [0.25, 0.3) is 5.56 Å². The molecule has 0 fully saturated rings. The van der Waals surface area contributed by atoms with E-state index in [0.29, 0.717) is 16.5 Å². The number of halogens is 2. The maximum atomic E-state index is 13.5. The van der Waals surface area contributed by atoms with Gasteiger partial charge in [0.2, 0.25) is 5.91 Å². The third-order valence-corrected chi connectivity index (χ3v) is 4.03. The molecular formula is C17H13BrFN3O2. The number of carbonyl (C=O) groups excluding carboxylic acids is 1. The van der Waals surface area contributed by atoms with E-state index < -0.39 is 5.91 Å². The molecular weight excluding hydrogens is 377 g/mol. The number of hydrogen-bond donors (Lipinski definition) is 1. The number of rotatable bonds is 4. The Morgan fingerprint density at radius 3 is 2.83 bits per heavy atom. The second-order valence-corrected chi connectivity index (χ2v) is 6.12. The van der Waals surface area contributed by atoms with Crippen LogP contribution >= 0.6 is 15.9 Å². The summed E-state index contributed by atoms with van der Waals surface area (Å²) in [5, 5.41) is 3.02. The predicted molar refractivity (Wildman–Crippen MR) is 91.9 cm³/mol. The van der Waals surface area contributed by atoms with E-state index in [0.717, 1.165) is 4.47 Å². The molecule has 0 saturated carbocycles. The average Bonchev–Trinajstić information content (AvgIpc) is 2.57. The van der Waals surface area contributed by atoms with Crippen LogP contribution in [0.3, 0.4) is 0 Å². The number of carbonyl (C=O) groups is 1. The Morgan fingerprint density at radius 1 is 1.25 bits per heavy atom. The zero-order chi connectivity index (χ0) is 17.1. The largest absolute Gasteiger partial charge is 0.350 e. The Morgan fingerprint density at radius 2 is 2.04 bits per heavy atom. The number of amides is 1. The molecule has 0 spiro atoms. The standard InChI is InChI=1S/C17H13BrFN3O2/c18-12-5-6-15-13(7-12)17(24)22(10-21-15)9-16(23)20-8-11-3-1-2-4-14(11)19/h1-7,10H,8-9H2,(H,20,23). The first-order valence-electron chi connectivity index (χ1n) is 7.19. The van der Waals surface area contributed by atoms with E-state index in [4.69, 9.17) is 0 Å². The molecule has 5 nitrogen and oxygen atoms in total. The van der Waals surface area contributed by atoms with E-state index in [-0.39, 0.29) is 24.5 Å². The molecule has 0 saturated heterocycles. The number of aromatic nitrogens is 2. The van der Waals surface area contributed by atoms with Gasteiger partial charge in [-0.25, -0.2) is 9.37 Å². The quantitative estimate of drug-likeness (QED) is 0.745. The van der Waals surface area contributed by atoms with Crippen LogP contribution < -0.4 is 10.9 Å². The molecule has 1 heterocycles. The number of fused-ring (bicyclic) bond motifs is 1. The van der Waals surface area contributed by atoms with E-state index >= 15 is 0 Å². The number of benzene rings is 2. The summed E-state index contributed by atoms with van der Waals surface area (Å²) in [6, 6.07) is 11.4. The molecule has 1 amide bonds. The zero-order valence-electron chi connectivity index (χ0n) is 12.5. The first-order valence-corrected chi connectivity index (χ1v) is 7.99. The Hall–Kier alpha value is -2.54. The van der Waals surface area contributed by atoms with Crippen LogP contribution in [0.4, 0.5) is 4.39 Å². The molecule has 0 unspecified atom stereocenters. The lowest BCUT2D eigenvalue weighted by atomic mass is 10.2. The van der Waals surface area contributed by atoms with Gasteiger partial charge in [-0.3, -0.25) is 14.2 Å². The highest BCUT2D eigenvalue weighted by Gasteiger charge is 2.09. The van der Waals surface area contributed by atoms with Gasteiger partial charge in [-0.2, -0.15) is 0 Å². The topological polar surface area (TPSA) is 64.0 Å². The van der Waals surface area contributed by atoms with Crippen molar-refractivity contribution in [3.63, 3.8) is 0 Å². The van der Waals surface area contributed by atoms with Gasteiger partial charge >= 0.3 is 0 Å². The molecule has 24 heavy (non-hydrogen) atoms. The molecule has 0 aliphatic rings. The summed E-state index contributed by atoms with van der Waals surface area (Å²) in [6.45, 7) is -0.116. The zero-order valence-corrected chi connectivity index (χ0v) is 14.1. The minimum Gasteiger partial charge on any atom is -0.350 e. The van der Waals surface area contributed by atoms with Gasteiger partial charge in [-0.05, 0) is 24.3 Å². The molecule has 2 aromatic carbocycles. The van der Waals surface area contributed by atoms with Crippen LogP contribution in [0.25, 0.3) is 10.9 Å². The summed E-state index contributed by atoms with van der Waals surface area (Å²) in [4.78, 5) is 28.6. The fourth-order valence-corrected chi connectivity index (χ4v) is 2.65. The maximum Gasteiger partial charge on any atom is 0.261 e. The summed E-state index contributed by atoms with van der Waals surface area (Å²) >= 11 is 3.31. The average molecular weight is 390 g/mol. The van der Waals surface area contributed by atoms with Gasteiger partial charge in [-0.1, -0.05) is 34.1 Å². The van der Waals surface area contributed by atoms with Crippen LogP contribution in [0.15, 0.2) is 58.1 Å². The molecule has 0 radical (unpaired) electrons. The lowest BCUT2D eigenvalue weighted by Crippen LogP contribution is -2.32. The third kappa shape index (κ3) is 3.51. The minimum absolute atomic E-state index is 0.0623. The van der Waals surface area contributed by atoms with Crippen molar-refractivity contribution in [1.29, 1.82) is 0 Å². The molecule has 3 aromatic rings. The van der Waals surface area contributed by atoms with Crippen LogP contribution in [-0.2, 0) is 17.9 Å². The minimum atomic E-state index is -0.392.